The van der Waals surface area contributed by atoms with Crippen molar-refractivity contribution in [1.29, 1.82) is 0 Å². The Morgan fingerprint density at radius 2 is 2.11 bits per heavy atom. The van der Waals surface area contributed by atoms with Crippen LogP contribution in [0.25, 0.3) is 10.9 Å². The molecule has 0 unspecified atom stereocenters. The zero-order chi connectivity index (χ0) is 19.0. The van der Waals surface area contributed by atoms with Crippen LogP contribution in [0.1, 0.15) is 22.6 Å². The van der Waals surface area contributed by atoms with Gasteiger partial charge >= 0.3 is 0 Å². The zero-order valence-electron chi connectivity index (χ0n) is 15.6. The molecule has 2 aromatic heterocycles. The number of nitrogens with one attached hydrogen (secondary N) is 1. The Balaban J connectivity index is 1.19. The zero-order valence-corrected chi connectivity index (χ0v) is 15.6. The van der Waals surface area contributed by atoms with Crippen molar-refractivity contribution in [1.82, 2.24) is 14.9 Å². The first-order valence-corrected chi connectivity index (χ1v) is 9.72. The number of rotatable bonds is 5. The van der Waals surface area contributed by atoms with E-state index in [0.29, 0.717) is 37.9 Å². The van der Waals surface area contributed by atoms with E-state index in [9.17, 15) is 4.79 Å². The smallest absolute Gasteiger partial charge is 0.270 e. The number of H-pyrrole nitrogens is 1. The van der Waals surface area contributed by atoms with Crippen molar-refractivity contribution in [2.75, 3.05) is 26.3 Å². The Kier molecular flexibility index (Phi) is 4.37. The fourth-order valence-electron chi connectivity index (χ4n) is 4.26. The third-order valence-corrected chi connectivity index (χ3v) is 5.86. The van der Waals surface area contributed by atoms with E-state index in [1.165, 1.54) is 0 Å². The van der Waals surface area contributed by atoms with Crippen molar-refractivity contribution in [3.8, 4) is 0 Å². The second-order valence-corrected chi connectivity index (χ2v) is 7.67. The normalized spacial score (nSPS) is 20.6. The number of hydrogen-bond donors (Lipinski definition) is 1. The second-order valence-electron chi connectivity index (χ2n) is 7.67. The molecule has 1 amide bonds. The number of aromatic amines is 1. The quantitative estimate of drug-likeness (QED) is 0.742. The highest BCUT2D eigenvalue weighted by atomic mass is 16.5. The summed E-state index contributed by atoms with van der Waals surface area (Å²) >= 11 is 0. The van der Waals surface area contributed by atoms with Crippen molar-refractivity contribution in [3.63, 3.8) is 0 Å². The summed E-state index contributed by atoms with van der Waals surface area (Å²) in [5.41, 5.74) is 2.29. The van der Waals surface area contributed by atoms with Gasteiger partial charge in [-0.2, -0.15) is 0 Å². The van der Waals surface area contributed by atoms with Gasteiger partial charge in [-0.3, -0.25) is 9.78 Å². The summed E-state index contributed by atoms with van der Waals surface area (Å²) in [6.45, 7) is 3.11. The van der Waals surface area contributed by atoms with Gasteiger partial charge in [-0.05, 0) is 30.7 Å². The predicted octanol–water partition coefficient (Wildman–Crippen LogP) is 3.01. The number of carbonyl (C=O) groups excluding carboxylic acids is 1. The molecular weight excluding hydrogens is 354 g/mol. The SMILES string of the molecule is O=C(c1cc2ccccc2[nH]1)N1CC2(C1)OCC[C@@H]2COCc1ccccn1. The lowest BCUT2D eigenvalue weighted by molar-refractivity contribution is -0.129. The fourth-order valence-corrected chi connectivity index (χ4v) is 4.26. The number of pyridine rings is 1. The van der Waals surface area contributed by atoms with Gasteiger partial charge in [0.25, 0.3) is 5.91 Å². The highest BCUT2D eigenvalue weighted by Crippen LogP contribution is 2.40. The third-order valence-electron chi connectivity index (χ3n) is 5.86. The molecule has 2 saturated heterocycles. The first-order chi connectivity index (χ1) is 13.7. The number of amides is 1. The molecule has 6 nitrogen and oxygen atoms in total. The summed E-state index contributed by atoms with van der Waals surface area (Å²) in [4.78, 5) is 22.2. The van der Waals surface area contributed by atoms with Crippen LogP contribution in [-0.2, 0) is 16.1 Å². The van der Waals surface area contributed by atoms with Crippen LogP contribution in [0, 0.1) is 5.92 Å². The van der Waals surface area contributed by atoms with Crippen molar-refractivity contribution in [2.45, 2.75) is 18.6 Å². The van der Waals surface area contributed by atoms with E-state index in [-0.39, 0.29) is 11.5 Å². The van der Waals surface area contributed by atoms with Crippen molar-refractivity contribution >= 4 is 16.8 Å². The summed E-state index contributed by atoms with van der Waals surface area (Å²) < 4.78 is 12.0. The van der Waals surface area contributed by atoms with Gasteiger partial charge in [0.05, 0.1) is 32.0 Å². The summed E-state index contributed by atoms with van der Waals surface area (Å²) in [7, 11) is 0. The number of para-hydroxylation sites is 1. The van der Waals surface area contributed by atoms with E-state index in [2.05, 4.69) is 9.97 Å². The van der Waals surface area contributed by atoms with Crippen LogP contribution in [0.5, 0.6) is 0 Å². The molecule has 0 bridgehead atoms. The van der Waals surface area contributed by atoms with Gasteiger partial charge in [-0.15, -0.1) is 0 Å². The number of ether oxygens (including phenoxy) is 2. The molecule has 1 spiro atoms. The molecule has 5 rings (SSSR count). The lowest BCUT2D eigenvalue weighted by Gasteiger charge is -2.50. The summed E-state index contributed by atoms with van der Waals surface area (Å²) in [6.07, 6.45) is 2.74. The van der Waals surface area contributed by atoms with Gasteiger partial charge in [-0.25, -0.2) is 0 Å². The molecule has 28 heavy (non-hydrogen) atoms. The lowest BCUT2D eigenvalue weighted by Crippen LogP contribution is -2.66. The van der Waals surface area contributed by atoms with E-state index in [0.717, 1.165) is 29.6 Å². The molecular formula is C22H23N3O3. The Labute approximate surface area is 163 Å². The number of nitrogens with zero attached hydrogens (tertiary/aromatic N) is 2. The minimum atomic E-state index is -0.258. The Morgan fingerprint density at radius 1 is 1.25 bits per heavy atom. The van der Waals surface area contributed by atoms with Crippen LogP contribution in [0.4, 0.5) is 0 Å². The maximum atomic E-state index is 12.8. The minimum Gasteiger partial charge on any atom is -0.375 e. The Hall–Kier alpha value is -2.70. The molecule has 1 atom stereocenters. The fraction of sp³-hybridized carbons (Fsp3) is 0.364. The number of likely N-dealkylation sites (tertiary alicyclic amines) is 1. The molecule has 2 aliphatic heterocycles. The molecule has 1 aromatic carbocycles. The number of hydrogen-bond acceptors (Lipinski definition) is 4. The summed E-state index contributed by atoms with van der Waals surface area (Å²) in [5.74, 6) is 0.341. The minimum absolute atomic E-state index is 0.0329. The molecule has 0 radical (unpaired) electrons. The predicted molar refractivity (Wildman–Crippen MR) is 105 cm³/mol. The highest BCUT2D eigenvalue weighted by Gasteiger charge is 2.54. The summed E-state index contributed by atoms with van der Waals surface area (Å²) in [5, 5.41) is 1.05. The molecule has 1 N–H and O–H groups in total. The Morgan fingerprint density at radius 3 is 2.93 bits per heavy atom. The first kappa shape index (κ1) is 17.4. The number of aromatic nitrogens is 2. The van der Waals surface area contributed by atoms with Crippen molar-refractivity contribution in [3.05, 3.63) is 66.1 Å². The lowest BCUT2D eigenvalue weighted by atomic mass is 9.81. The van der Waals surface area contributed by atoms with Crippen LogP contribution >= 0.6 is 0 Å². The van der Waals surface area contributed by atoms with E-state index in [4.69, 9.17) is 9.47 Å². The highest BCUT2D eigenvalue weighted by molar-refractivity contribution is 5.98. The molecule has 2 fully saturated rings. The standard InChI is InChI=1S/C22H23N3O3/c26-21(20-11-16-5-1-2-7-19(16)24-20)25-14-22(15-25)17(8-10-28-22)12-27-13-18-6-3-4-9-23-18/h1-7,9,11,17,24H,8,10,12-15H2/t17-/m1/s1. The van der Waals surface area contributed by atoms with Gasteiger partial charge < -0.3 is 19.4 Å². The van der Waals surface area contributed by atoms with Gasteiger partial charge in [0.2, 0.25) is 0 Å². The van der Waals surface area contributed by atoms with Crippen LogP contribution in [0.2, 0.25) is 0 Å². The number of carbonyl (C=O) groups is 1. The average molecular weight is 377 g/mol. The third kappa shape index (κ3) is 3.08. The van der Waals surface area contributed by atoms with Crippen molar-refractivity contribution < 1.29 is 14.3 Å². The van der Waals surface area contributed by atoms with E-state index in [1.54, 1.807) is 6.20 Å². The van der Waals surface area contributed by atoms with Crippen LogP contribution < -0.4 is 0 Å². The van der Waals surface area contributed by atoms with Crippen LogP contribution in [0.3, 0.4) is 0 Å². The second kappa shape index (κ2) is 7.04. The van der Waals surface area contributed by atoms with Gasteiger partial charge in [0.15, 0.2) is 0 Å². The molecule has 0 aliphatic carbocycles. The topological polar surface area (TPSA) is 67.5 Å². The van der Waals surface area contributed by atoms with E-state index >= 15 is 0 Å². The molecule has 3 aromatic rings. The summed E-state index contributed by atoms with van der Waals surface area (Å²) in [6, 6.07) is 15.7. The molecule has 6 heteroatoms. The molecule has 4 heterocycles. The van der Waals surface area contributed by atoms with Gasteiger partial charge in [-0.1, -0.05) is 24.3 Å². The van der Waals surface area contributed by atoms with E-state index in [1.807, 2.05) is 53.4 Å². The largest absolute Gasteiger partial charge is 0.375 e. The molecule has 144 valence electrons. The molecule has 0 saturated carbocycles. The van der Waals surface area contributed by atoms with Gasteiger partial charge in [0, 0.05) is 29.6 Å². The Bertz CT molecular complexity index is 946. The van der Waals surface area contributed by atoms with Crippen LogP contribution in [-0.4, -0.2) is 52.7 Å². The van der Waals surface area contributed by atoms with Crippen LogP contribution in [0.15, 0.2) is 54.7 Å². The monoisotopic (exact) mass is 377 g/mol. The van der Waals surface area contributed by atoms with E-state index < -0.39 is 0 Å². The van der Waals surface area contributed by atoms with Gasteiger partial charge in [0.1, 0.15) is 11.3 Å². The number of fused-ring (bicyclic) bond motifs is 1. The first-order valence-electron chi connectivity index (χ1n) is 9.72. The maximum absolute atomic E-state index is 12.8. The maximum Gasteiger partial charge on any atom is 0.270 e. The average Bonchev–Trinajstić information content (AvgIpc) is 3.31. The molecule has 2 aliphatic rings. The van der Waals surface area contributed by atoms with Crippen molar-refractivity contribution in [2.24, 2.45) is 5.92 Å². The number of benzene rings is 1.